The van der Waals surface area contributed by atoms with E-state index in [0.29, 0.717) is 0 Å². The molecule has 3 aromatic carbocycles. The molecule has 0 unspecified atom stereocenters. The molecule has 0 heterocycles. The van der Waals surface area contributed by atoms with Crippen molar-refractivity contribution in [2.45, 2.75) is 37.0 Å². The van der Waals surface area contributed by atoms with E-state index in [4.69, 9.17) is 19.6 Å². The predicted molar refractivity (Wildman–Crippen MR) is 133 cm³/mol. The third kappa shape index (κ3) is 10.4. The van der Waals surface area contributed by atoms with Crippen molar-refractivity contribution in [1.29, 1.82) is 0 Å². The summed E-state index contributed by atoms with van der Waals surface area (Å²) in [6, 6.07) is 17.9. The number of nitrogen functional groups attached to an aromatic ring is 1. The van der Waals surface area contributed by atoms with Crippen LogP contribution in [0.1, 0.15) is 22.3 Å². The first-order chi connectivity index (χ1) is 15.8. The summed E-state index contributed by atoms with van der Waals surface area (Å²) in [4.78, 5) is -0.133. The minimum absolute atomic E-state index is 0.0666. The van der Waals surface area contributed by atoms with Crippen LogP contribution in [0.2, 0.25) is 0 Å². The van der Waals surface area contributed by atoms with Crippen LogP contribution in [0, 0.1) is 20.8 Å². The molecule has 0 aliphatic rings. The summed E-state index contributed by atoms with van der Waals surface area (Å²) in [5.74, 6) is 0. The third-order valence-corrected chi connectivity index (χ3v) is 6.38. The Hall–Kier alpha value is -2.76. The van der Waals surface area contributed by atoms with Crippen LogP contribution in [0.25, 0.3) is 0 Å². The fourth-order valence-electron chi connectivity index (χ4n) is 2.69. The number of hydrogen-bond acceptors (Lipinski definition) is 6. The Bertz CT molecular complexity index is 1160. The largest absolute Gasteiger partial charge is 0.398 e. The maximum atomic E-state index is 10.5. The number of methoxy groups -OCH3 is 1. The molecular weight excluding hydrogens is 478 g/mol. The number of ether oxygens (including phenoxy) is 1. The van der Waals surface area contributed by atoms with E-state index in [1.165, 1.54) is 35.4 Å². The fraction of sp³-hybridized carbons (Fsp3) is 0.250. The van der Waals surface area contributed by atoms with Gasteiger partial charge in [-0.15, -0.1) is 0 Å². The molecule has 186 valence electrons. The normalized spacial score (nSPS) is 11.0. The molecule has 0 saturated carbocycles. The second kappa shape index (κ2) is 13.2. The first kappa shape index (κ1) is 29.3. The Kier molecular flexibility index (Phi) is 11.4. The molecule has 0 radical (unpaired) electrons. The molecule has 3 aromatic rings. The van der Waals surface area contributed by atoms with Gasteiger partial charge in [-0.3, -0.25) is 9.11 Å². The highest BCUT2D eigenvalue weighted by Crippen LogP contribution is 2.16. The lowest BCUT2D eigenvalue weighted by atomic mass is 10.0. The van der Waals surface area contributed by atoms with Gasteiger partial charge in [0.2, 0.25) is 0 Å². The predicted octanol–water partition coefficient (Wildman–Crippen LogP) is 4.25. The summed E-state index contributed by atoms with van der Waals surface area (Å²) >= 11 is 0. The van der Waals surface area contributed by atoms with Crippen LogP contribution in [0.5, 0.6) is 0 Å². The lowest BCUT2D eigenvalue weighted by Gasteiger charge is -2.07. The van der Waals surface area contributed by atoms with Gasteiger partial charge in [0.1, 0.15) is 0 Å². The number of anilines is 1. The number of nitrogens with two attached hydrogens (primary N) is 1. The van der Waals surface area contributed by atoms with Crippen molar-refractivity contribution in [2.75, 3.05) is 19.5 Å². The molecule has 10 heteroatoms. The lowest BCUT2D eigenvalue weighted by Crippen LogP contribution is -2.01. The van der Waals surface area contributed by atoms with Gasteiger partial charge in [0, 0.05) is 12.8 Å². The summed E-state index contributed by atoms with van der Waals surface area (Å²) in [5, 5.41) is 0. The SMILES string of the molecule is COCCc1c(C)cccc1N.Cc1ccc(S(=O)(=O)O)cc1.Cc1ccc(S(=O)(=O)O)cc1. The standard InChI is InChI=1S/C10H15NO.2C7H8O3S/c1-8-4-3-5-10(11)9(8)6-7-12-2;2*1-6-2-4-7(5-3-6)11(8,9)10/h3-5H,6-7,11H2,1-2H3;2*2-5H,1H3,(H,8,9,10). The van der Waals surface area contributed by atoms with Gasteiger partial charge in [-0.2, -0.15) is 16.8 Å². The highest BCUT2D eigenvalue weighted by molar-refractivity contribution is 7.86. The Labute approximate surface area is 201 Å². The van der Waals surface area contributed by atoms with Crippen LogP contribution in [-0.4, -0.2) is 39.7 Å². The van der Waals surface area contributed by atoms with E-state index in [9.17, 15) is 16.8 Å². The Morgan fingerprint density at radius 2 is 1.15 bits per heavy atom. The molecule has 0 aliphatic heterocycles. The highest BCUT2D eigenvalue weighted by atomic mass is 32.2. The average molecular weight is 510 g/mol. The zero-order chi connectivity index (χ0) is 25.9. The minimum Gasteiger partial charge on any atom is -0.398 e. The van der Waals surface area contributed by atoms with Gasteiger partial charge >= 0.3 is 0 Å². The summed E-state index contributed by atoms with van der Waals surface area (Å²) in [7, 11) is -6.34. The van der Waals surface area contributed by atoms with Gasteiger partial charge in [-0.05, 0) is 68.7 Å². The first-order valence-corrected chi connectivity index (χ1v) is 13.0. The van der Waals surface area contributed by atoms with E-state index in [0.717, 1.165) is 29.8 Å². The number of hydrogen-bond donors (Lipinski definition) is 3. The molecule has 0 amide bonds. The van der Waals surface area contributed by atoms with Gasteiger partial charge in [-0.25, -0.2) is 0 Å². The van der Waals surface area contributed by atoms with E-state index in [-0.39, 0.29) is 9.79 Å². The van der Waals surface area contributed by atoms with Crippen molar-refractivity contribution in [2.24, 2.45) is 0 Å². The van der Waals surface area contributed by atoms with E-state index in [1.54, 1.807) is 31.4 Å². The molecule has 0 aliphatic carbocycles. The molecule has 0 fully saturated rings. The van der Waals surface area contributed by atoms with Crippen molar-refractivity contribution < 1.29 is 30.7 Å². The van der Waals surface area contributed by atoms with Gasteiger partial charge in [0.25, 0.3) is 20.2 Å². The number of benzene rings is 3. The number of aryl methyl sites for hydroxylation is 3. The zero-order valence-electron chi connectivity index (χ0n) is 19.6. The first-order valence-electron chi connectivity index (χ1n) is 10.2. The Morgan fingerprint density at radius 1 is 0.735 bits per heavy atom. The second-order valence-electron chi connectivity index (χ2n) is 7.46. The molecule has 0 atom stereocenters. The van der Waals surface area contributed by atoms with Gasteiger partial charge in [-0.1, -0.05) is 47.5 Å². The Balaban J connectivity index is 0.000000255. The fourth-order valence-corrected chi connectivity index (χ4v) is 3.65. The zero-order valence-corrected chi connectivity index (χ0v) is 21.2. The van der Waals surface area contributed by atoms with E-state index in [2.05, 4.69) is 13.0 Å². The van der Waals surface area contributed by atoms with Crippen LogP contribution >= 0.6 is 0 Å². The van der Waals surface area contributed by atoms with Crippen molar-refractivity contribution in [1.82, 2.24) is 0 Å². The monoisotopic (exact) mass is 509 g/mol. The molecule has 4 N–H and O–H groups in total. The van der Waals surface area contributed by atoms with Crippen molar-refractivity contribution in [3.05, 3.63) is 89.0 Å². The third-order valence-electron chi connectivity index (χ3n) is 4.64. The quantitative estimate of drug-likeness (QED) is 0.342. The smallest absolute Gasteiger partial charge is 0.294 e. The summed E-state index contributed by atoms with van der Waals surface area (Å²) < 4.78 is 64.1. The van der Waals surface area contributed by atoms with Gasteiger partial charge in [0.05, 0.1) is 16.4 Å². The molecule has 0 spiro atoms. The minimum atomic E-state index is -4.02. The topological polar surface area (TPSA) is 144 Å². The van der Waals surface area contributed by atoms with Crippen molar-refractivity contribution in [3.63, 3.8) is 0 Å². The second-order valence-corrected chi connectivity index (χ2v) is 10.3. The van der Waals surface area contributed by atoms with Crippen LogP contribution in [0.15, 0.2) is 76.5 Å². The van der Waals surface area contributed by atoms with Gasteiger partial charge < -0.3 is 10.5 Å². The molecule has 34 heavy (non-hydrogen) atoms. The van der Waals surface area contributed by atoms with E-state index >= 15 is 0 Å². The molecular formula is C24H31NO7S2. The van der Waals surface area contributed by atoms with Gasteiger partial charge in [0.15, 0.2) is 0 Å². The van der Waals surface area contributed by atoms with Crippen molar-refractivity contribution >= 4 is 25.9 Å². The summed E-state index contributed by atoms with van der Waals surface area (Å²) in [6.45, 7) is 6.48. The summed E-state index contributed by atoms with van der Waals surface area (Å²) in [6.07, 6.45) is 0.898. The van der Waals surface area contributed by atoms with Crippen LogP contribution < -0.4 is 5.73 Å². The van der Waals surface area contributed by atoms with E-state index < -0.39 is 20.2 Å². The maximum absolute atomic E-state index is 10.5. The Morgan fingerprint density at radius 3 is 1.47 bits per heavy atom. The molecule has 0 saturated heterocycles. The average Bonchev–Trinajstić information content (AvgIpc) is 2.74. The molecule has 8 nitrogen and oxygen atoms in total. The summed E-state index contributed by atoms with van der Waals surface area (Å²) in [5.41, 5.74) is 11.0. The number of rotatable bonds is 5. The van der Waals surface area contributed by atoms with Crippen LogP contribution in [0.4, 0.5) is 5.69 Å². The van der Waals surface area contributed by atoms with Crippen LogP contribution in [-0.2, 0) is 31.4 Å². The molecule has 3 rings (SSSR count). The van der Waals surface area contributed by atoms with Crippen molar-refractivity contribution in [3.8, 4) is 0 Å². The van der Waals surface area contributed by atoms with Crippen LogP contribution in [0.3, 0.4) is 0 Å². The molecule has 0 bridgehead atoms. The maximum Gasteiger partial charge on any atom is 0.294 e. The van der Waals surface area contributed by atoms with E-state index in [1.807, 2.05) is 26.0 Å². The highest BCUT2D eigenvalue weighted by Gasteiger charge is 2.07. The molecule has 0 aromatic heterocycles. The lowest BCUT2D eigenvalue weighted by molar-refractivity contribution is 0.202.